The minimum absolute atomic E-state index is 0.0679. The Balaban J connectivity index is 1.88. The molecule has 3 heterocycles. The van der Waals surface area contributed by atoms with Gasteiger partial charge in [-0.15, -0.1) is 0 Å². The highest BCUT2D eigenvalue weighted by Crippen LogP contribution is 2.37. The molecule has 0 radical (unpaired) electrons. The number of anilines is 2. The molecule has 1 aliphatic heterocycles. The summed E-state index contributed by atoms with van der Waals surface area (Å²) in [4.78, 5) is 31.1. The fraction of sp³-hybridized carbons (Fsp3) is 0.480. The molecule has 1 saturated heterocycles. The SMILES string of the molecule is CCOC(=O)c1cc(C2=CC(C)CC=C2)nn1-c1cc(N2CCOCC2)c([N+](=O)[O-])c(NCCOC)n1. The summed E-state index contributed by atoms with van der Waals surface area (Å²) < 4.78 is 17.3. The molecule has 0 aromatic carbocycles. The minimum Gasteiger partial charge on any atom is -0.461 e. The maximum atomic E-state index is 12.9. The van der Waals surface area contributed by atoms with Gasteiger partial charge in [0.2, 0.25) is 5.82 Å². The second kappa shape index (κ2) is 12.0. The normalized spacial score (nSPS) is 17.4. The number of nitrogens with one attached hydrogen (secondary N) is 1. The van der Waals surface area contributed by atoms with E-state index in [4.69, 9.17) is 19.3 Å². The molecule has 0 saturated carbocycles. The smallest absolute Gasteiger partial charge is 0.357 e. The number of nitrogens with zero attached hydrogens (tertiary/aromatic N) is 5. The van der Waals surface area contributed by atoms with E-state index in [9.17, 15) is 14.9 Å². The van der Waals surface area contributed by atoms with Crippen molar-refractivity contribution in [3.8, 4) is 5.82 Å². The van der Waals surface area contributed by atoms with Gasteiger partial charge in [-0.05, 0) is 30.9 Å². The number of rotatable bonds is 10. The number of pyridine rings is 1. The first kappa shape index (κ1) is 26.3. The van der Waals surface area contributed by atoms with E-state index < -0.39 is 10.9 Å². The largest absolute Gasteiger partial charge is 0.461 e. The number of nitro groups is 1. The molecule has 1 atom stereocenters. The lowest BCUT2D eigenvalue weighted by molar-refractivity contribution is -0.383. The van der Waals surface area contributed by atoms with E-state index in [1.165, 1.54) is 4.68 Å². The predicted molar refractivity (Wildman–Crippen MR) is 138 cm³/mol. The first-order chi connectivity index (χ1) is 17.9. The summed E-state index contributed by atoms with van der Waals surface area (Å²) >= 11 is 0. The van der Waals surface area contributed by atoms with Gasteiger partial charge >= 0.3 is 11.7 Å². The zero-order valence-electron chi connectivity index (χ0n) is 21.3. The van der Waals surface area contributed by atoms with Crippen LogP contribution in [0.4, 0.5) is 17.2 Å². The Morgan fingerprint density at radius 3 is 2.78 bits per heavy atom. The number of allylic oxidation sites excluding steroid dienone is 4. The van der Waals surface area contributed by atoms with E-state index in [2.05, 4.69) is 29.4 Å². The van der Waals surface area contributed by atoms with Crippen molar-refractivity contribution >= 4 is 28.7 Å². The molecule has 2 aliphatic rings. The molecule has 1 aliphatic carbocycles. The molecule has 0 amide bonds. The van der Waals surface area contributed by atoms with E-state index in [1.54, 1.807) is 26.2 Å². The Kier molecular flexibility index (Phi) is 8.51. The summed E-state index contributed by atoms with van der Waals surface area (Å²) in [5, 5.41) is 19.9. The molecule has 0 bridgehead atoms. The standard InChI is InChI=1S/C25H32N6O6/c1-4-37-25(32)21-15-19(18-7-5-6-17(2)14-18)28-30(21)22-16-20(29-9-12-36-13-10-29)23(31(33)34)24(27-22)26-8-11-35-3/h5,7,14-17H,4,6,8-13H2,1-3H3,(H,26,27). The number of carbonyl (C=O) groups is 1. The third-order valence-electron chi connectivity index (χ3n) is 6.07. The van der Waals surface area contributed by atoms with Crippen molar-refractivity contribution in [2.75, 3.05) is 63.4 Å². The lowest BCUT2D eigenvalue weighted by atomic mass is 9.96. The molecule has 2 aromatic heterocycles. The van der Waals surface area contributed by atoms with Crippen LogP contribution < -0.4 is 10.2 Å². The van der Waals surface area contributed by atoms with Crippen LogP contribution in [0.3, 0.4) is 0 Å². The van der Waals surface area contributed by atoms with Crippen LogP contribution in [0, 0.1) is 16.0 Å². The van der Waals surface area contributed by atoms with Gasteiger partial charge in [0, 0.05) is 32.8 Å². The van der Waals surface area contributed by atoms with Crippen LogP contribution in [0.1, 0.15) is 36.5 Å². The van der Waals surface area contributed by atoms with Crippen molar-refractivity contribution in [2.24, 2.45) is 5.92 Å². The average Bonchev–Trinajstić information content (AvgIpc) is 3.35. The summed E-state index contributed by atoms with van der Waals surface area (Å²) in [6.45, 7) is 6.51. The Hall–Kier alpha value is -3.77. The Labute approximate surface area is 215 Å². The van der Waals surface area contributed by atoms with Crippen molar-refractivity contribution in [2.45, 2.75) is 20.3 Å². The number of esters is 1. The van der Waals surface area contributed by atoms with Gasteiger partial charge in [0.15, 0.2) is 11.5 Å². The van der Waals surface area contributed by atoms with Crippen LogP contribution in [0.15, 0.2) is 30.4 Å². The zero-order valence-corrected chi connectivity index (χ0v) is 21.3. The Morgan fingerprint density at radius 2 is 2.11 bits per heavy atom. The van der Waals surface area contributed by atoms with Gasteiger partial charge in [0.05, 0.1) is 37.0 Å². The molecule has 12 heteroatoms. The van der Waals surface area contributed by atoms with Crippen LogP contribution in [-0.2, 0) is 14.2 Å². The van der Waals surface area contributed by atoms with Crippen molar-refractivity contribution in [1.29, 1.82) is 0 Å². The number of hydrogen-bond donors (Lipinski definition) is 1. The molecule has 198 valence electrons. The van der Waals surface area contributed by atoms with Crippen LogP contribution in [0.5, 0.6) is 0 Å². The summed E-state index contributed by atoms with van der Waals surface area (Å²) in [6, 6.07) is 3.26. The number of morpholine rings is 1. The summed E-state index contributed by atoms with van der Waals surface area (Å²) in [5.74, 6) is 0.0999. The number of carbonyl (C=O) groups excluding carboxylic acids is 1. The van der Waals surface area contributed by atoms with Crippen molar-refractivity contribution < 1.29 is 23.9 Å². The van der Waals surface area contributed by atoms with Crippen molar-refractivity contribution in [1.82, 2.24) is 14.8 Å². The zero-order chi connectivity index (χ0) is 26.4. The maximum absolute atomic E-state index is 12.9. The third-order valence-corrected chi connectivity index (χ3v) is 6.07. The summed E-state index contributed by atoms with van der Waals surface area (Å²) in [5.41, 5.74) is 1.88. The van der Waals surface area contributed by atoms with Gasteiger partial charge in [0.25, 0.3) is 0 Å². The van der Waals surface area contributed by atoms with E-state index in [-0.39, 0.29) is 29.6 Å². The first-order valence-corrected chi connectivity index (χ1v) is 12.3. The van der Waals surface area contributed by atoms with Crippen LogP contribution in [0.2, 0.25) is 0 Å². The average molecular weight is 513 g/mol. The molecule has 12 nitrogen and oxygen atoms in total. The Morgan fingerprint density at radius 1 is 1.32 bits per heavy atom. The molecule has 1 fully saturated rings. The number of ether oxygens (including phenoxy) is 3. The molecule has 37 heavy (non-hydrogen) atoms. The van der Waals surface area contributed by atoms with Crippen molar-refractivity contribution in [3.05, 3.63) is 51.9 Å². The van der Waals surface area contributed by atoms with Gasteiger partial charge in [-0.3, -0.25) is 10.1 Å². The lowest BCUT2D eigenvalue weighted by Gasteiger charge is -2.29. The topological polar surface area (TPSA) is 134 Å². The molecule has 4 rings (SSSR count). The van der Waals surface area contributed by atoms with E-state index in [0.717, 1.165) is 12.0 Å². The van der Waals surface area contributed by atoms with Gasteiger partial charge in [-0.25, -0.2) is 14.5 Å². The Bertz CT molecular complexity index is 1200. The fourth-order valence-electron chi connectivity index (χ4n) is 4.30. The molecular formula is C25H32N6O6. The number of hydrogen-bond acceptors (Lipinski definition) is 10. The molecular weight excluding hydrogens is 480 g/mol. The van der Waals surface area contributed by atoms with Crippen LogP contribution in [-0.4, -0.2) is 78.8 Å². The lowest BCUT2D eigenvalue weighted by Crippen LogP contribution is -2.37. The van der Waals surface area contributed by atoms with E-state index in [1.807, 2.05) is 11.0 Å². The first-order valence-electron chi connectivity index (χ1n) is 12.3. The van der Waals surface area contributed by atoms with Gasteiger partial charge in [-0.1, -0.05) is 25.2 Å². The fourth-order valence-corrected chi connectivity index (χ4v) is 4.30. The number of aromatic nitrogens is 3. The highest BCUT2D eigenvalue weighted by Gasteiger charge is 2.30. The second-order valence-corrected chi connectivity index (χ2v) is 8.76. The number of methoxy groups -OCH3 is 1. The maximum Gasteiger partial charge on any atom is 0.357 e. The highest BCUT2D eigenvalue weighted by molar-refractivity contribution is 5.90. The highest BCUT2D eigenvalue weighted by atomic mass is 16.6. The predicted octanol–water partition coefficient (Wildman–Crippen LogP) is 3.23. The van der Waals surface area contributed by atoms with E-state index >= 15 is 0 Å². The van der Waals surface area contributed by atoms with Gasteiger partial charge < -0.3 is 24.4 Å². The van der Waals surface area contributed by atoms with Crippen LogP contribution in [0.25, 0.3) is 11.4 Å². The quantitative estimate of drug-likeness (QED) is 0.219. The monoisotopic (exact) mass is 512 g/mol. The summed E-state index contributed by atoms with van der Waals surface area (Å²) in [7, 11) is 1.55. The van der Waals surface area contributed by atoms with Crippen molar-refractivity contribution in [3.63, 3.8) is 0 Å². The second-order valence-electron chi connectivity index (χ2n) is 8.76. The van der Waals surface area contributed by atoms with E-state index in [0.29, 0.717) is 56.8 Å². The molecule has 1 N–H and O–H groups in total. The summed E-state index contributed by atoms with van der Waals surface area (Å²) in [6.07, 6.45) is 7.07. The van der Waals surface area contributed by atoms with Gasteiger partial charge in [0.1, 0.15) is 5.69 Å². The molecule has 2 aromatic rings. The minimum atomic E-state index is -0.559. The van der Waals surface area contributed by atoms with Crippen LogP contribution >= 0.6 is 0 Å². The van der Waals surface area contributed by atoms with Gasteiger partial charge in [-0.2, -0.15) is 5.10 Å². The third kappa shape index (κ3) is 5.97. The molecule has 1 unspecified atom stereocenters. The molecule has 0 spiro atoms.